The van der Waals surface area contributed by atoms with Crippen LogP contribution in [0.4, 0.5) is 22.0 Å². The first-order valence-electron chi connectivity index (χ1n) is 10.6. The second kappa shape index (κ2) is 9.03. The van der Waals surface area contributed by atoms with E-state index in [2.05, 4.69) is 15.1 Å². The van der Waals surface area contributed by atoms with Crippen molar-refractivity contribution in [1.82, 2.24) is 24.3 Å². The summed E-state index contributed by atoms with van der Waals surface area (Å²) in [7, 11) is 1.42. The molecule has 4 rings (SSSR count). The van der Waals surface area contributed by atoms with E-state index in [0.717, 1.165) is 53.5 Å². The summed E-state index contributed by atoms with van der Waals surface area (Å²) in [6, 6.07) is 3.51. The monoisotopic (exact) mass is 467 g/mol. The van der Waals surface area contributed by atoms with Gasteiger partial charge in [-0.2, -0.15) is 18.3 Å². The molecule has 0 atom stereocenters. The minimum absolute atomic E-state index is 0.0237. The molecule has 1 aliphatic rings. The Morgan fingerprint density at radius 3 is 2.55 bits per heavy atom. The van der Waals surface area contributed by atoms with Crippen LogP contribution in [0.25, 0.3) is 11.4 Å². The predicted molar refractivity (Wildman–Crippen MR) is 110 cm³/mol. The third-order valence-electron chi connectivity index (χ3n) is 5.97. The van der Waals surface area contributed by atoms with Gasteiger partial charge in [0.1, 0.15) is 17.1 Å². The zero-order valence-corrected chi connectivity index (χ0v) is 17.8. The Morgan fingerprint density at radius 2 is 1.88 bits per heavy atom. The summed E-state index contributed by atoms with van der Waals surface area (Å²) >= 11 is 0. The average Bonchev–Trinajstić information content (AvgIpc) is 3.17. The molecular weight excluding hydrogens is 445 g/mol. The summed E-state index contributed by atoms with van der Waals surface area (Å²) in [5, 5.41) is 4.16. The molecule has 0 saturated heterocycles. The van der Waals surface area contributed by atoms with Crippen LogP contribution in [-0.4, -0.2) is 24.3 Å². The van der Waals surface area contributed by atoms with Gasteiger partial charge in [0.2, 0.25) is 0 Å². The SMILES string of the molecule is Cn1cnc(-c2cc(C3CCCCC3)c(=O)n(Cc3ncccc3C(F)(F)F)n2)c1C(F)F. The molecule has 1 saturated carbocycles. The lowest BCUT2D eigenvalue weighted by Gasteiger charge is -2.22. The van der Waals surface area contributed by atoms with Crippen LogP contribution >= 0.6 is 0 Å². The maximum atomic E-state index is 13.7. The van der Waals surface area contributed by atoms with Crippen molar-refractivity contribution in [2.24, 2.45) is 7.05 Å². The highest BCUT2D eigenvalue weighted by atomic mass is 19.4. The number of hydrogen-bond donors (Lipinski definition) is 0. The lowest BCUT2D eigenvalue weighted by atomic mass is 9.84. The van der Waals surface area contributed by atoms with Crippen LogP contribution in [0, 0.1) is 0 Å². The molecule has 1 fully saturated rings. The Bertz CT molecular complexity index is 1190. The molecular formula is C22H22F5N5O. The van der Waals surface area contributed by atoms with Crippen molar-refractivity contribution < 1.29 is 22.0 Å². The summed E-state index contributed by atoms with van der Waals surface area (Å²) in [6.07, 6.45) is -0.773. The standard InChI is InChI=1S/C22H22F5N5O/c1-31-12-29-18(19(31)20(23)24)16-10-14(13-6-3-2-4-7-13)21(33)32(30-16)11-17-15(22(25,26)27)8-5-9-28-17/h5,8-10,12-13,20H,2-4,6-7,11H2,1H3. The number of alkyl halides is 5. The molecule has 0 amide bonds. The van der Waals surface area contributed by atoms with E-state index < -0.39 is 30.3 Å². The molecule has 0 aromatic carbocycles. The first-order chi connectivity index (χ1) is 15.7. The molecule has 3 aromatic rings. The van der Waals surface area contributed by atoms with E-state index in [-0.39, 0.29) is 28.7 Å². The fourth-order valence-corrected chi connectivity index (χ4v) is 4.35. The van der Waals surface area contributed by atoms with Crippen LogP contribution in [0.5, 0.6) is 0 Å². The van der Waals surface area contributed by atoms with E-state index in [4.69, 9.17) is 0 Å². The summed E-state index contributed by atoms with van der Waals surface area (Å²) in [4.78, 5) is 21.1. The van der Waals surface area contributed by atoms with Gasteiger partial charge in [0.15, 0.2) is 0 Å². The van der Waals surface area contributed by atoms with Gasteiger partial charge in [0.25, 0.3) is 12.0 Å². The highest BCUT2D eigenvalue weighted by Gasteiger charge is 2.34. The Hall–Kier alpha value is -3.11. The highest BCUT2D eigenvalue weighted by molar-refractivity contribution is 5.58. The number of nitrogens with zero attached hydrogens (tertiary/aromatic N) is 5. The molecule has 0 bridgehead atoms. The van der Waals surface area contributed by atoms with E-state index in [9.17, 15) is 26.7 Å². The zero-order chi connectivity index (χ0) is 23.8. The number of aryl methyl sites for hydroxylation is 1. The molecule has 6 nitrogen and oxygen atoms in total. The molecule has 3 aromatic heterocycles. The van der Waals surface area contributed by atoms with Crippen LogP contribution in [-0.2, 0) is 19.8 Å². The molecule has 0 N–H and O–H groups in total. The third-order valence-corrected chi connectivity index (χ3v) is 5.97. The van der Waals surface area contributed by atoms with Crippen LogP contribution in [0.15, 0.2) is 35.5 Å². The molecule has 0 aliphatic heterocycles. The number of pyridine rings is 1. The van der Waals surface area contributed by atoms with E-state index in [0.29, 0.717) is 5.56 Å². The van der Waals surface area contributed by atoms with Gasteiger partial charge in [0.05, 0.1) is 24.1 Å². The molecule has 0 radical (unpaired) electrons. The van der Waals surface area contributed by atoms with Gasteiger partial charge in [-0.25, -0.2) is 18.4 Å². The average molecular weight is 467 g/mol. The van der Waals surface area contributed by atoms with E-state index in [1.807, 2.05) is 0 Å². The number of imidazole rings is 1. The van der Waals surface area contributed by atoms with Crippen LogP contribution in [0.1, 0.15) is 67.0 Å². The summed E-state index contributed by atoms with van der Waals surface area (Å²) in [5.41, 5.74) is -1.99. The van der Waals surface area contributed by atoms with E-state index in [1.54, 1.807) is 0 Å². The smallest absolute Gasteiger partial charge is 0.332 e. The molecule has 0 unspecified atom stereocenters. The Balaban J connectivity index is 1.87. The van der Waals surface area contributed by atoms with Crippen LogP contribution in [0.2, 0.25) is 0 Å². The van der Waals surface area contributed by atoms with Crippen molar-refractivity contribution >= 4 is 0 Å². The van der Waals surface area contributed by atoms with Gasteiger partial charge in [-0.3, -0.25) is 9.78 Å². The highest BCUT2D eigenvalue weighted by Crippen LogP contribution is 2.35. The Labute approximate surface area is 186 Å². The summed E-state index contributed by atoms with van der Waals surface area (Å²) in [5.74, 6) is -0.121. The Morgan fingerprint density at radius 1 is 1.15 bits per heavy atom. The number of hydrogen-bond acceptors (Lipinski definition) is 4. The molecule has 176 valence electrons. The normalized spacial score (nSPS) is 15.4. The second-order valence-corrected chi connectivity index (χ2v) is 8.17. The van der Waals surface area contributed by atoms with Gasteiger partial charge in [0, 0.05) is 18.8 Å². The lowest BCUT2D eigenvalue weighted by molar-refractivity contribution is -0.138. The minimum atomic E-state index is -4.67. The van der Waals surface area contributed by atoms with Crippen molar-refractivity contribution in [1.29, 1.82) is 0 Å². The van der Waals surface area contributed by atoms with Gasteiger partial charge in [-0.1, -0.05) is 19.3 Å². The lowest BCUT2D eigenvalue weighted by Crippen LogP contribution is -2.30. The van der Waals surface area contributed by atoms with Gasteiger partial charge < -0.3 is 4.57 Å². The van der Waals surface area contributed by atoms with Crippen LogP contribution < -0.4 is 5.56 Å². The minimum Gasteiger partial charge on any atom is -0.332 e. The zero-order valence-electron chi connectivity index (χ0n) is 17.8. The predicted octanol–water partition coefficient (Wildman–Crippen LogP) is 5.09. The fourth-order valence-electron chi connectivity index (χ4n) is 4.35. The number of halogens is 5. The molecule has 0 spiro atoms. The van der Waals surface area contributed by atoms with Gasteiger partial charge in [-0.15, -0.1) is 0 Å². The van der Waals surface area contributed by atoms with E-state index in [1.165, 1.54) is 25.6 Å². The topological polar surface area (TPSA) is 65.6 Å². The van der Waals surface area contributed by atoms with Crippen molar-refractivity contribution in [3.8, 4) is 11.4 Å². The van der Waals surface area contributed by atoms with E-state index >= 15 is 0 Å². The molecule has 11 heteroatoms. The summed E-state index contributed by atoms with van der Waals surface area (Å²) < 4.78 is 69.8. The number of rotatable bonds is 5. The molecule has 1 aliphatic carbocycles. The van der Waals surface area contributed by atoms with Gasteiger partial charge in [-0.05, 0) is 37.0 Å². The molecule has 33 heavy (non-hydrogen) atoms. The summed E-state index contributed by atoms with van der Waals surface area (Å²) in [6.45, 7) is -0.543. The Kier molecular flexibility index (Phi) is 6.31. The van der Waals surface area contributed by atoms with Crippen molar-refractivity contribution in [3.63, 3.8) is 0 Å². The van der Waals surface area contributed by atoms with Crippen molar-refractivity contribution in [2.45, 2.75) is 57.2 Å². The third kappa shape index (κ3) is 4.67. The first-order valence-corrected chi connectivity index (χ1v) is 10.6. The maximum absolute atomic E-state index is 13.7. The van der Waals surface area contributed by atoms with Crippen LogP contribution in [0.3, 0.4) is 0 Å². The second-order valence-electron chi connectivity index (χ2n) is 8.17. The van der Waals surface area contributed by atoms with Gasteiger partial charge >= 0.3 is 6.18 Å². The van der Waals surface area contributed by atoms with Crippen molar-refractivity contribution in [2.75, 3.05) is 0 Å². The first kappa shape index (κ1) is 23.1. The molecule has 3 heterocycles. The number of aromatic nitrogens is 5. The quantitative estimate of drug-likeness (QED) is 0.491. The fraction of sp³-hybridized carbons (Fsp3) is 0.455. The largest absolute Gasteiger partial charge is 0.418 e. The van der Waals surface area contributed by atoms with Crippen molar-refractivity contribution in [3.05, 3.63) is 63.6 Å². The maximum Gasteiger partial charge on any atom is 0.418 e.